The topological polar surface area (TPSA) is 60.7 Å². The third kappa shape index (κ3) is 3.39. The van der Waals surface area contributed by atoms with Gasteiger partial charge in [-0.1, -0.05) is 0 Å². The predicted octanol–water partition coefficient (Wildman–Crippen LogP) is 3.55. The molecular weight excluding hydrogens is 338 g/mol. The molecule has 21 heavy (non-hydrogen) atoms. The van der Waals surface area contributed by atoms with Gasteiger partial charge in [-0.3, -0.25) is 4.79 Å². The summed E-state index contributed by atoms with van der Waals surface area (Å²) in [5.41, 5.74) is 0.449. The number of ether oxygens (including phenoxy) is 2. The van der Waals surface area contributed by atoms with Crippen molar-refractivity contribution in [2.24, 2.45) is 0 Å². The van der Waals surface area contributed by atoms with Gasteiger partial charge < -0.3 is 19.2 Å². The van der Waals surface area contributed by atoms with Gasteiger partial charge in [0.2, 0.25) is 0 Å². The van der Waals surface area contributed by atoms with E-state index in [1.165, 1.54) is 14.2 Å². The van der Waals surface area contributed by atoms with Gasteiger partial charge in [0.1, 0.15) is 21.7 Å². The van der Waals surface area contributed by atoms with Gasteiger partial charge in [-0.05, 0) is 47.1 Å². The smallest absolute Gasteiger partial charge is 0.252 e. The van der Waals surface area contributed by atoms with Crippen molar-refractivity contribution >= 4 is 21.8 Å². The summed E-state index contributed by atoms with van der Waals surface area (Å²) in [4.78, 5) is 12.3. The lowest BCUT2D eigenvalue weighted by Gasteiger charge is -2.14. The van der Waals surface area contributed by atoms with Crippen LogP contribution < -0.4 is 14.8 Å². The van der Waals surface area contributed by atoms with E-state index in [0.717, 1.165) is 0 Å². The first-order chi connectivity index (χ1) is 10.1. The van der Waals surface area contributed by atoms with Gasteiger partial charge in [0.15, 0.2) is 0 Å². The van der Waals surface area contributed by atoms with E-state index in [9.17, 15) is 4.79 Å². The van der Waals surface area contributed by atoms with Crippen LogP contribution in [0.15, 0.2) is 39.4 Å². The Kier molecular flexibility index (Phi) is 4.90. The van der Waals surface area contributed by atoms with Crippen molar-refractivity contribution in [1.29, 1.82) is 0 Å². The number of carbonyl (C=O) groups excluding carboxylic acids is 1. The molecular formula is C15H16BrNO4. The van der Waals surface area contributed by atoms with Gasteiger partial charge in [-0.2, -0.15) is 0 Å². The first-order valence-electron chi connectivity index (χ1n) is 6.32. The average molecular weight is 354 g/mol. The first kappa shape index (κ1) is 15.4. The molecule has 1 amide bonds. The van der Waals surface area contributed by atoms with Gasteiger partial charge in [0, 0.05) is 5.56 Å². The fraction of sp³-hybridized carbons (Fsp3) is 0.267. The fourth-order valence-electron chi connectivity index (χ4n) is 1.89. The molecule has 1 atom stereocenters. The van der Waals surface area contributed by atoms with E-state index in [0.29, 0.717) is 27.3 Å². The van der Waals surface area contributed by atoms with Crippen LogP contribution in [0.5, 0.6) is 11.5 Å². The first-order valence-corrected chi connectivity index (χ1v) is 7.12. The molecule has 112 valence electrons. The molecule has 5 nitrogen and oxygen atoms in total. The highest BCUT2D eigenvalue weighted by Gasteiger charge is 2.17. The van der Waals surface area contributed by atoms with Crippen LogP contribution in [-0.4, -0.2) is 20.1 Å². The van der Waals surface area contributed by atoms with Gasteiger partial charge in [0.25, 0.3) is 5.91 Å². The van der Waals surface area contributed by atoms with Gasteiger partial charge >= 0.3 is 0 Å². The molecule has 0 bridgehead atoms. The van der Waals surface area contributed by atoms with Crippen molar-refractivity contribution in [2.45, 2.75) is 13.0 Å². The lowest BCUT2D eigenvalue weighted by molar-refractivity contribution is 0.0934. The third-order valence-electron chi connectivity index (χ3n) is 3.03. The second-order valence-corrected chi connectivity index (χ2v) is 5.20. The Morgan fingerprint density at radius 1 is 1.29 bits per heavy atom. The number of carbonyl (C=O) groups is 1. The van der Waals surface area contributed by atoms with E-state index in [2.05, 4.69) is 21.2 Å². The van der Waals surface area contributed by atoms with Crippen LogP contribution in [0.3, 0.4) is 0 Å². The molecule has 1 aromatic carbocycles. The minimum Gasteiger partial charge on any atom is -0.495 e. The molecule has 0 spiro atoms. The van der Waals surface area contributed by atoms with Gasteiger partial charge in [-0.25, -0.2) is 0 Å². The van der Waals surface area contributed by atoms with Crippen LogP contribution in [-0.2, 0) is 0 Å². The molecule has 0 saturated heterocycles. The van der Waals surface area contributed by atoms with Gasteiger partial charge in [0.05, 0.1) is 26.5 Å². The molecule has 1 N–H and O–H groups in total. The number of nitrogens with one attached hydrogen (secondary N) is 1. The number of hydrogen-bond acceptors (Lipinski definition) is 4. The van der Waals surface area contributed by atoms with Crippen LogP contribution in [0, 0.1) is 0 Å². The van der Waals surface area contributed by atoms with Crippen molar-refractivity contribution < 1.29 is 18.7 Å². The molecule has 1 unspecified atom stereocenters. The Hall–Kier alpha value is -1.95. The van der Waals surface area contributed by atoms with Crippen molar-refractivity contribution in [2.75, 3.05) is 14.2 Å². The zero-order chi connectivity index (χ0) is 15.4. The van der Waals surface area contributed by atoms with Crippen LogP contribution in [0.1, 0.15) is 29.1 Å². The van der Waals surface area contributed by atoms with E-state index >= 15 is 0 Å². The molecule has 2 aromatic rings. The quantitative estimate of drug-likeness (QED) is 0.892. The summed E-state index contributed by atoms with van der Waals surface area (Å²) in [6.45, 7) is 1.85. The molecule has 0 aliphatic heterocycles. The lowest BCUT2D eigenvalue weighted by Crippen LogP contribution is -2.26. The monoisotopic (exact) mass is 353 g/mol. The number of benzene rings is 1. The number of rotatable bonds is 5. The highest BCUT2D eigenvalue weighted by Crippen LogP contribution is 2.35. The molecule has 1 aromatic heterocycles. The SMILES string of the molecule is COc1cc(C(=O)NC(C)c2ccco2)cc(OC)c1Br. The Morgan fingerprint density at radius 2 is 1.90 bits per heavy atom. The van der Waals surface area contributed by atoms with Crippen molar-refractivity contribution in [1.82, 2.24) is 5.32 Å². The van der Waals surface area contributed by atoms with E-state index in [1.807, 2.05) is 13.0 Å². The van der Waals surface area contributed by atoms with E-state index in [-0.39, 0.29) is 11.9 Å². The zero-order valence-corrected chi connectivity index (χ0v) is 13.6. The summed E-state index contributed by atoms with van der Waals surface area (Å²) < 4.78 is 16.4. The van der Waals surface area contributed by atoms with E-state index in [1.54, 1.807) is 24.5 Å². The standard InChI is InChI=1S/C15H16BrNO4/c1-9(11-5-4-6-21-11)17-15(18)10-7-12(19-2)14(16)13(8-10)20-3/h4-9H,1-3H3,(H,17,18). The molecule has 1 heterocycles. The van der Waals surface area contributed by atoms with Crippen molar-refractivity contribution in [3.63, 3.8) is 0 Å². The van der Waals surface area contributed by atoms with Crippen LogP contribution in [0.2, 0.25) is 0 Å². The lowest BCUT2D eigenvalue weighted by atomic mass is 10.1. The molecule has 6 heteroatoms. The maximum atomic E-state index is 12.3. The molecule has 0 aliphatic rings. The highest BCUT2D eigenvalue weighted by atomic mass is 79.9. The number of methoxy groups -OCH3 is 2. The summed E-state index contributed by atoms with van der Waals surface area (Å²) in [5, 5.41) is 2.86. The van der Waals surface area contributed by atoms with Crippen molar-refractivity contribution in [3.8, 4) is 11.5 Å². The average Bonchev–Trinajstić information content (AvgIpc) is 3.01. The number of furan rings is 1. The highest BCUT2D eigenvalue weighted by molar-refractivity contribution is 9.10. The summed E-state index contributed by atoms with van der Waals surface area (Å²) in [6, 6.07) is 6.67. The Bertz CT molecular complexity index is 600. The second-order valence-electron chi connectivity index (χ2n) is 4.41. The van der Waals surface area contributed by atoms with Gasteiger partial charge in [-0.15, -0.1) is 0 Å². The Balaban J connectivity index is 2.23. The molecule has 0 saturated carbocycles. The minimum absolute atomic E-state index is 0.229. The predicted molar refractivity (Wildman–Crippen MR) is 81.8 cm³/mol. The van der Waals surface area contributed by atoms with Crippen LogP contribution >= 0.6 is 15.9 Å². The molecule has 0 radical (unpaired) electrons. The fourth-order valence-corrected chi connectivity index (χ4v) is 2.44. The van der Waals surface area contributed by atoms with E-state index in [4.69, 9.17) is 13.9 Å². The normalized spacial score (nSPS) is 11.8. The summed E-state index contributed by atoms with van der Waals surface area (Å²) in [7, 11) is 3.07. The van der Waals surface area contributed by atoms with Crippen LogP contribution in [0.4, 0.5) is 0 Å². The second kappa shape index (κ2) is 6.67. The largest absolute Gasteiger partial charge is 0.495 e. The third-order valence-corrected chi connectivity index (χ3v) is 3.81. The molecule has 2 rings (SSSR count). The number of hydrogen-bond donors (Lipinski definition) is 1. The maximum absolute atomic E-state index is 12.3. The maximum Gasteiger partial charge on any atom is 0.252 e. The number of halogens is 1. The zero-order valence-electron chi connectivity index (χ0n) is 12.0. The summed E-state index contributed by atoms with van der Waals surface area (Å²) in [6.07, 6.45) is 1.57. The summed E-state index contributed by atoms with van der Waals surface area (Å²) >= 11 is 3.37. The number of amides is 1. The summed E-state index contributed by atoms with van der Waals surface area (Å²) in [5.74, 6) is 1.53. The Labute approximate surface area is 131 Å². The Morgan fingerprint density at radius 3 is 2.38 bits per heavy atom. The minimum atomic E-state index is -0.233. The van der Waals surface area contributed by atoms with Crippen molar-refractivity contribution in [3.05, 3.63) is 46.3 Å². The molecule has 0 aliphatic carbocycles. The molecule has 0 fully saturated rings. The van der Waals surface area contributed by atoms with Crippen LogP contribution in [0.25, 0.3) is 0 Å². The van der Waals surface area contributed by atoms with E-state index < -0.39 is 0 Å².